The molecular weight excluding hydrogens is 326 g/mol. The van der Waals surface area contributed by atoms with Gasteiger partial charge in [0.2, 0.25) is 0 Å². The Morgan fingerprint density at radius 1 is 0.941 bits per heavy atom. The van der Waals surface area contributed by atoms with Crippen LogP contribution in [0.2, 0.25) is 19.6 Å². The minimum atomic E-state index is -1.17. The number of hydrogen-bond donors (Lipinski definition) is 0. The Labute approximate surface area is 141 Å². The fraction of sp³-hybridized carbons (Fsp3) is 0.667. The third-order valence-electron chi connectivity index (χ3n) is 3.06. The third kappa shape index (κ3) is 5.84. The average molecular weight is 348 g/mol. The van der Waals surface area contributed by atoms with Gasteiger partial charge in [-0.15, -0.1) is 6.92 Å². The Morgan fingerprint density at radius 3 is 1.41 bits per heavy atom. The van der Waals surface area contributed by atoms with Crippen LogP contribution in [0.5, 0.6) is 0 Å². The quantitative estimate of drug-likeness (QED) is 0.329. The molecule has 0 aromatic rings. The molecule has 0 aromatic carbocycles. The van der Waals surface area contributed by atoms with Crippen molar-refractivity contribution >= 4 is 8.07 Å². The van der Waals surface area contributed by atoms with Crippen molar-refractivity contribution in [3.63, 3.8) is 0 Å². The normalized spacial score (nSPS) is 17.0. The van der Waals surface area contributed by atoms with Crippen molar-refractivity contribution in [1.82, 2.24) is 0 Å². The first-order chi connectivity index (χ1) is 5.66. The summed E-state index contributed by atoms with van der Waals surface area (Å²) in [5.74, 6) is 0. The monoisotopic (exact) mass is 346 g/mol. The van der Waals surface area contributed by atoms with Gasteiger partial charge in [0, 0.05) is 8.07 Å². The van der Waals surface area contributed by atoms with Gasteiger partial charge in [-0.25, -0.2) is 10.8 Å². The van der Waals surface area contributed by atoms with Crippen molar-refractivity contribution < 1.29 is 58.9 Å². The molecule has 0 unspecified atom stereocenters. The molecule has 98 valence electrons. The van der Waals surface area contributed by atoms with Crippen molar-refractivity contribution in [2.45, 2.75) is 47.3 Å². The summed E-state index contributed by atoms with van der Waals surface area (Å²) in [6.07, 6.45) is 3.67. The predicted molar refractivity (Wildman–Crippen MR) is 62.3 cm³/mol. The molecule has 0 aromatic heterocycles. The largest absolute Gasteiger partial charge is 4.00 e. The SMILES string of the molecule is CC1=C(C)C(C)(C)[C-]=C1[Si](C)(C)C.[Cl-].[Cl-].[Cl-].[Ti+4]. The molecule has 1 aliphatic rings. The molecule has 0 fully saturated rings. The summed E-state index contributed by atoms with van der Waals surface area (Å²) < 4.78 is 0. The summed E-state index contributed by atoms with van der Waals surface area (Å²) >= 11 is 0. The van der Waals surface area contributed by atoms with Gasteiger partial charge < -0.3 is 37.2 Å². The minimum Gasteiger partial charge on any atom is -1.00 e. The standard InChI is InChI=1S/C12H21Si.3ClH.Ti/c1-9-10(2)12(3,4)8-11(9)13(5,6)7;;;;/h1-7H3;3*1H;/q-1;;;;+4/p-3. The van der Waals surface area contributed by atoms with E-state index in [4.69, 9.17) is 0 Å². The van der Waals surface area contributed by atoms with Crippen LogP contribution in [0.1, 0.15) is 27.7 Å². The molecule has 1 aliphatic carbocycles. The summed E-state index contributed by atoms with van der Waals surface area (Å²) in [4.78, 5) is 0. The summed E-state index contributed by atoms with van der Waals surface area (Å²) in [5, 5.41) is 1.54. The number of hydrogen-bond acceptors (Lipinski definition) is 0. The van der Waals surface area contributed by atoms with E-state index in [1.165, 1.54) is 16.3 Å². The van der Waals surface area contributed by atoms with E-state index in [1.807, 2.05) is 0 Å². The van der Waals surface area contributed by atoms with Crippen LogP contribution in [-0.2, 0) is 21.7 Å². The second kappa shape index (κ2) is 8.45. The molecule has 0 bridgehead atoms. The van der Waals surface area contributed by atoms with Gasteiger partial charge in [-0.1, -0.05) is 45.8 Å². The summed E-state index contributed by atoms with van der Waals surface area (Å²) in [5.41, 5.74) is 3.19. The zero-order chi connectivity index (χ0) is 10.4. The number of halogens is 3. The summed E-state index contributed by atoms with van der Waals surface area (Å²) in [6.45, 7) is 16.2. The van der Waals surface area contributed by atoms with Crippen LogP contribution in [0.25, 0.3) is 0 Å². The average Bonchev–Trinajstić information content (AvgIpc) is 2.12. The van der Waals surface area contributed by atoms with Crippen LogP contribution in [0.15, 0.2) is 16.3 Å². The van der Waals surface area contributed by atoms with Crippen LogP contribution in [0.3, 0.4) is 0 Å². The fourth-order valence-corrected chi connectivity index (χ4v) is 3.91. The van der Waals surface area contributed by atoms with Crippen molar-refractivity contribution in [2.75, 3.05) is 0 Å². The maximum absolute atomic E-state index is 3.67. The zero-order valence-corrected chi connectivity index (χ0v) is 16.5. The maximum Gasteiger partial charge on any atom is 4.00 e. The molecule has 0 amide bonds. The van der Waals surface area contributed by atoms with Crippen LogP contribution in [0, 0.1) is 11.5 Å². The molecule has 0 radical (unpaired) electrons. The van der Waals surface area contributed by atoms with Crippen molar-refractivity contribution in [1.29, 1.82) is 0 Å². The van der Waals surface area contributed by atoms with E-state index in [9.17, 15) is 0 Å². The molecule has 0 heterocycles. The van der Waals surface area contributed by atoms with Gasteiger partial charge in [-0.2, -0.15) is 5.57 Å². The zero-order valence-electron chi connectivity index (χ0n) is 11.6. The number of rotatable bonds is 1. The first-order valence-electron chi connectivity index (χ1n) is 5.00. The van der Waals surface area contributed by atoms with Gasteiger partial charge in [-0.3, -0.25) is 6.08 Å². The fourth-order valence-electron chi connectivity index (χ4n) is 1.91. The van der Waals surface area contributed by atoms with Crippen molar-refractivity contribution in [3.05, 3.63) is 22.4 Å². The molecule has 0 nitrogen and oxygen atoms in total. The molecule has 0 N–H and O–H groups in total. The molecular formula is C12H21Cl3SiTi. The first kappa shape index (κ1) is 26.8. The smallest absolute Gasteiger partial charge is 1.00 e. The molecule has 1 rings (SSSR count). The Kier molecular flexibility index (Phi) is 13.3. The minimum absolute atomic E-state index is 0. The van der Waals surface area contributed by atoms with Gasteiger partial charge >= 0.3 is 21.7 Å². The van der Waals surface area contributed by atoms with Crippen LogP contribution in [-0.4, -0.2) is 8.07 Å². The van der Waals surface area contributed by atoms with Gasteiger partial charge in [0.15, 0.2) is 0 Å². The molecule has 0 saturated heterocycles. The van der Waals surface area contributed by atoms with Crippen molar-refractivity contribution in [3.8, 4) is 0 Å². The topological polar surface area (TPSA) is 0 Å². The molecule has 0 aliphatic heterocycles. The van der Waals surface area contributed by atoms with E-state index in [0.717, 1.165) is 0 Å². The van der Waals surface area contributed by atoms with Crippen molar-refractivity contribution in [2.24, 2.45) is 5.41 Å². The van der Waals surface area contributed by atoms with E-state index in [2.05, 4.69) is 53.4 Å². The van der Waals surface area contributed by atoms with Crippen LogP contribution < -0.4 is 37.2 Å². The van der Waals surface area contributed by atoms with E-state index in [1.54, 1.807) is 0 Å². The predicted octanol–water partition coefficient (Wildman–Crippen LogP) is -5.02. The number of allylic oxidation sites excluding steroid dienone is 4. The molecule has 0 saturated carbocycles. The van der Waals surface area contributed by atoms with E-state index in [-0.39, 0.29) is 64.4 Å². The van der Waals surface area contributed by atoms with Gasteiger partial charge in [0.1, 0.15) is 0 Å². The Balaban J connectivity index is -0.000000211. The second-order valence-electron chi connectivity index (χ2n) is 5.62. The van der Waals surface area contributed by atoms with E-state index < -0.39 is 8.07 Å². The summed E-state index contributed by atoms with van der Waals surface area (Å²) in [6, 6.07) is 0. The second-order valence-corrected chi connectivity index (χ2v) is 10.6. The van der Waals surface area contributed by atoms with Crippen LogP contribution >= 0.6 is 0 Å². The molecule has 0 atom stereocenters. The Morgan fingerprint density at radius 2 is 1.29 bits per heavy atom. The van der Waals surface area contributed by atoms with Gasteiger partial charge in [0.25, 0.3) is 0 Å². The van der Waals surface area contributed by atoms with Crippen LogP contribution in [0.4, 0.5) is 0 Å². The molecule has 0 spiro atoms. The molecule has 5 heteroatoms. The third-order valence-corrected chi connectivity index (χ3v) is 5.06. The molecule has 17 heavy (non-hydrogen) atoms. The maximum atomic E-state index is 3.67. The first-order valence-corrected chi connectivity index (χ1v) is 8.50. The Hall–Kier alpha value is 1.28. The van der Waals surface area contributed by atoms with Gasteiger partial charge in [0.05, 0.1) is 0 Å². The van der Waals surface area contributed by atoms with Gasteiger partial charge in [-0.05, 0) is 0 Å². The Bertz CT molecular complexity index is 301. The van der Waals surface area contributed by atoms with E-state index in [0.29, 0.717) is 0 Å². The summed E-state index contributed by atoms with van der Waals surface area (Å²) in [7, 11) is -1.17. The van der Waals surface area contributed by atoms with E-state index >= 15 is 0 Å².